The van der Waals surface area contributed by atoms with Crippen LogP contribution in [0.2, 0.25) is 0 Å². The number of fused-ring (bicyclic) bond motifs is 2. The molecule has 5 aromatic rings. The highest BCUT2D eigenvalue weighted by molar-refractivity contribution is 5.84. The molecule has 34 heavy (non-hydrogen) atoms. The van der Waals surface area contributed by atoms with Gasteiger partial charge in [-0.05, 0) is 38.5 Å². The number of oxazole rings is 1. The van der Waals surface area contributed by atoms with E-state index in [4.69, 9.17) is 9.15 Å². The molecule has 174 valence electrons. The lowest BCUT2D eigenvalue weighted by Gasteiger charge is -2.08. The third-order valence-electron chi connectivity index (χ3n) is 5.27. The van der Waals surface area contributed by atoms with Crippen LogP contribution >= 0.6 is 0 Å². The molecule has 0 fully saturated rings. The summed E-state index contributed by atoms with van der Waals surface area (Å²) < 4.78 is 54.0. The monoisotopic (exact) mass is 468 g/mol. The zero-order valence-electron chi connectivity index (χ0n) is 18.4. The van der Waals surface area contributed by atoms with Gasteiger partial charge in [-0.25, -0.2) is 9.97 Å². The van der Waals surface area contributed by atoms with Crippen LogP contribution in [0.5, 0.6) is 5.75 Å². The first-order valence-corrected chi connectivity index (χ1v) is 10.5. The molecule has 3 heterocycles. The van der Waals surface area contributed by atoms with Gasteiger partial charge < -0.3 is 9.15 Å². The topological polar surface area (TPSA) is 85.4 Å². The average Bonchev–Trinajstić information content (AvgIpc) is 3.36. The maximum atomic E-state index is 13.9. The van der Waals surface area contributed by atoms with Crippen LogP contribution in [-0.2, 0) is 6.18 Å². The summed E-state index contributed by atoms with van der Waals surface area (Å²) in [6, 6.07) is 13.1. The number of nitrogens with zero attached hydrogens (tertiary/aromatic N) is 3. The summed E-state index contributed by atoms with van der Waals surface area (Å²) in [6.07, 6.45) is -4.85. The summed E-state index contributed by atoms with van der Waals surface area (Å²) in [6.45, 7) is 5.26. The predicted molar refractivity (Wildman–Crippen MR) is 120 cm³/mol. The number of H-pyrrole nitrogens is 1. The molecule has 0 atom stereocenters. The number of hydrogen-bond donors (Lipinski definition) is 1. The van der Waals surface area contributed by atoms with Gasteiger partial charge in [0, 0.05) is 0 Å². The fourth-order valence-electron chi connectivity index (χ4n) is 3.89. The van der Waals surface area contributed by atoms with Crippen molar-refractivity contribution in [2.24, 2.45) is 0 Å². The van der Waals surface area contributed by atoms with Crippen molar-refractivity contribution in [1.29, 1.82) is 0 Å². The Morgan fingerprint density at radius 3 is 2.44 bits per heavy atom. The first kappa shape index (κ1) is 21.7. The SMILES string of the molecule is Cc1nc2c(-c3ccccc3)c(C(F)(F)F)[nH]n2c(=O)c1-c1nc2c(OC(C)C)cccc2o1. The molecule has 0 unspecified atom stereocenters. The number of nitrogens with one attached hydrogen (secondary N) is 1. The summed E-state index contributed by atoms with van der Waals surface area (Å²) in [4.78, 5) is 22.2. The number of ether oxygens (including phenoxy) is 1. The van der Waals surface area contributed by atoms with Gasteiger partial charge in [-0.15, -0.1) is 0 Å². The minimum absolute atomic E-state index is 0.0428. The van der Waals surface area contributed by atoms with Gasteiger partial charge >= 0.3 is 6.18 Å². The number of halogens is 3. The van der Waals surface area contributed by atoms with E-state index in [1.807, 2.05) is 13.8 Å². The van der Waals surface area contributed by atoms with Crippen molar-refractivity contribution in [2.75, 3.05) is 0 Å². The van der Waals surface area contributed by atoms with Gasteiger partial charge in [-0.1, -0.05) is 36.4 Å². The van der Waals surface area contributed by atoms with Crippen molar-refractivity contribution in [3.8, 4) is 28.3 Å². The van der Waals surface area contributed by atoms with E-state index in [0.717, 1.165) is 4.52 Å². The van der Waals surface area contributed by atoms with Crippen LogP contribution in [0.3, 0.4) is 0 Å². The molecule has 2 aromatic carbocycles. The fourth-order valence-corrected chi connectivity index (χ4v) is 3.89. The van der Waals surface area contributed by atoms with Crippen LogP contribution in [0.25, 0.3) is 39.3 Å². The summed E-state index contributed by atoms with van der Waals surface area (Å²) in [7, 11) is 0. The Morgan fingerprint density at radius 1 is 1.03 bits per heavy atom. The van der Waals surface area contributed by atoms with Crippen LogP contribution in [-0.4, -0.2) is 25.7 Å². The molecule has 0 aliphatic carbocycles. The Morgan fingerprint density at radius 2 is 1.76 bits per heavy atom. The van der Waals surface area contributed by atoms with Gasteiger partial charge in [0.2, 0.25) is 5.89 Å². The number of para-hydroxylation sites is 1. The van der Waals surface area contributed by atoms with Crippen molar-refractivity contribution < 1.29 is 22.3 Å². The maximum absolute atomic E-state index is 13.9. The molecule has 0 radical (unpaired) electrons. The molecule has 7 nitrogen and oxygen atoms in total. The lowest BCUT2D eigenvalue weighted by atomic mass is 10.1. The molecule has 3 aromatic heterocycles. The Kier molecular flexibility index (Phi) is 4.96. The summed E-state index contributed by atoms with van der Waals surface area (Å²) in [5.41, 5.74) is -0.948. The third-order valence-corrected chi connectivity index (χ3v) is 5.27. The maximum Gasteiger partial charge on any atom is 0.433 e. The molecule has 0 saturated carbocycles. The smallest absolute Gasteiger partial charge is 0.433 e. The lowest BCUT2D eigenvalue weighted by molar-refractivity contribution is -0.140. The van der Waals surface area contributed by atoms with Gasteiger partial charge in [-0.2, -0.15) is 17.7 Å². The Balaban J connectivity index is 1.78. The van der Waals surface area contributed by atoms with Gasteiger partial charge in [-0.3, -0.25) is 9.89 Å². The molecule has 0 amide bonds. The highest BCUT2D eigenvalue weighted by Gasteiger charge is 2.38. The van der Waals surface area contributed by atoms with Gasteiger partial charge in [0.1, 0.15) is 17.0 Å². The summed E-state index contributed by atoms with van der Waals surface area (Å²) in [5, 5.41) is 2.20. The minimum atomic E-state index is -4.74. The van der Waals surface area contributed by atoms with Crippen molar-refractivity contribution in [3.63, 3.8) is 0 Å². The molecule has 5 rings (SSSR count). The van der Waals surface area contributed by atoms with Gasteiger partial charge in [0.05, 0.1) is 17.4 Å². The third kappa shape index (κ3) is 3.51. The fraction of sp³-hybridized carbons (Fsp3) is 0.208. The number of benzene rings is 2. The Hall–Kier alpha value is -4.08. The molecule has 0 aliphatic rings. The van der Waals surface area contributed by atoms with Crippen molar-refractivity contribution in [3.05, 3.63) is 70.3 Å². The normalized spacial score (nSPS) is 12.2. The molecular weight excluding hydrogens is 449 g/mol. The number of aromatic amines is 1. The van der Waals surface area contributed by atoms with Crippen LogP contribution in [0.15, 0.2) is 57.7 Å². The number of aryl methyl sites for hydroxylation is 1. The largest absolute Gasteiger partial charge is 0.489 e. The molecule has 0 aliphatic heterocycles. The zero-order valence-corrected chi connectivity index (χ0v) is 18.4. The number of aromatic nitrogens is 4. The van der Waals surface area contributed by atoms with E-state index in [1.54, 1.807) is 36.4 Å². The summed E-state index contributed by atoms with van der Waals surface area (Å²) >= 11 is 0. The Bertz CT molecular complexity index is 1580. The van der Waals surface area contributed by atoms with Crippen molar-refractivity contribution in [2.45, 2.75) is 33.1 Å². The van der Waals surface area contributed by atoms with Gasteiger partial charge in [0.15, 0.2) is 16.7 Å². The van der Waals surface area contributed by atoms with E-state index in [9.17, 15) is 18.0 Å². The minimum Gasteiger partial charge on any atom is -0.489 e. The van der Waals surface area contributed by atoms with E-state index in [0.29, 0.717) is 16.8 Å². The molecule has 0 bridgehead atoms. The second kappa shape index (κ2) is 7.75. The van der Waals surface area contributed by atoms with Crippen LogP contribution in [0, 0.1) is 6.92 Å². The predicted octanol–water partition coefficient (Wildman–Crippen LogP) is 5.61. The quantitative estimate of drug-likeness (QED) is 0.371. The zero-order chi connectivity index (χ0) is 24.2. The Labute approximate surface area is 190 Å². The van der Waals surface area contributed by atoms with E-state index in [2.05, 4.69) is 15.1 Å². The number of rotatable bonds is 4. The second-order valence-corrected chi connectivity index (χ2v) is 8.05. The molecule has 0 spiro atoms. The van der Waals surface area contributed by atoms with E-state index in [-0.39, 0.29) is 40.0 Å². The number of hydrogen-bond acceptors (Lipinski definition) is 5. The van der Waals surface area contributed by atoms with E-state index >= 15 is 0 Å². The van der Waals surface area contributed by atoms with Crippen LogP contribution < -0.4 is 10.3 Å². The molecular formula is C24H19F3N4O3. The highest BCUT2D eigenvalue weighted by Crippen LogP contribution is 2.38. The van der Waals surface area contributed by atoms with Gasteiger partial charge in [0.25, 0.3) is 5.56 Å². The average molecular weight is 468 g/mol. The van der Waals surface area contributed by atoms with E-state index < -0.39 is 17.4 Å². The standard InChI is InChI=1S/C24H19F3N4O3/c1-12(2)33-15-10-7-11-16-19(15)29-22(34-16)17-13(3)28-21-18(14-8-5-4-6-9-14)20(24(25,26)27)30-31(21)23(17)32/h4-12,30H,1-3H3. The highest BCUT2D eigenvalue weighted by atomic mass is 19.4. The van der Waals surface area contributed by atoms with Crippen molar-refractivity contribution in [1.82, 2.24) is 19.6 Å². The molecule has 0 saturated heterocycles. The first-order chi connectivity index (χ1) is 16.1. The summed E-state index contributed by atoms with van der Waals surface area (Å²) in [5.74, 6) is 0.420. The van der Waals surface area contributed by atoms with Crippen LogP contribution in [0.1, 0.15) is 25.2 Å². The second-order valence-electron chi connectivity index (χ2n) is 8.05. The lowest BCUT2D eigenvalue weighted by Crippen LogP contribution is -2.20. The van der Waals surface area contributed by atoms with Crippen molar-refractivity contribution >= 4 is 16.7 Å². The van der Waals surface area contributed by atoms with Crippen LogP contribution in [0.4, 0.5) is 13.2 Å². The number of alkyl halides is 3. The first-order valence-electron chi connectivity index (χ1n) is 10.5. The van der Waals surface area contributed by atoms with E-state index in [1.165, 1.54) is 19.1 Å². The molecule has 10 heteroatoms. The molecule has 1 N–H and O–H groups in total.